The van der Waals surface area contributed by atoms with Gasteiger partial charge in [-0.2, -0.15) is 0 Å². The lowest BCUT2D eigenvalue weighted by molar-refractivity contribution is 0.0951. The number of hydrogen-bond donors (Lipinski definition) is 1. The second kappa shape index (κ2) is 11.0. The molecule has 1 aromatic heterocycles. The molecule has 0 saturated heterocycles. The summed E-state index contributed by atoms with van der Waals surface area (Å²) < 4.78 is 16.9. The zero-order chi connectivity index (χ0) is 21.2. The van der Waals surface area contributed by atoms with E-state index in [0.717, 1.165) is 29.5 Å². The molecule has 0 aliphatic heterocycles. The predicted molar refractivity (Wildman–Crippen MR) is 118 cm³/mol. The summed E-state index contributed by atoms with van der Waals surface area (Å²) in [6, 6.07) is 15.0. The molecule has 2 aromatic carbocycles. The van der Waals surface area contributed by atoms with Crippen molar-refractivity contribution in [3.05, 3.63) is 60.3 Å². The fourth-order valence-electron chi connectivity index (χ4n) is 3.01. The standard InChI is InChI=1S/C24H28N2O4/c1-3-4-15-29-20-12-11-19(17-22(20)28-2)24(27)26-14-7-16-30-21-10-5-8-18-9-6-13-25-23(18)21/h5-6,8-13,17H,3-4,7,14-16H2,1-2H3,(H,26,27). The van der Waals surface area contributed by atoms with Crippen LogP contribution >= 0.6 is 0 Å². The van der Waals surface area contributed by atoms with Crippen molar-refractivity contribution in [2.24, 2.45) is 0 Å². The van der Waals surface area contributed by atoms with Crippen LogP contribution < -0.4 is 19.5 Å². The van der Waals surface area contributed by atoms with E-state index in [4.69, 9.17) is 14.2 Å². The van der Waals surface area contributed by atoms with E-state index in [1.807, 2.05) is 30.3 Å². The van der Waals surface area contributed by atoms with Crippen LogP contribution in [0.3, 0.4) is 0 Å². The van der Waals surface area contributed by atoms with Gasteiger partial charge >= 0.3 is 0 Å². The molecule has 6 heteroatoms. The normalized spacial score (nSPS) is 10.6. The molecule has 1 amide bonds. The first-order chi connectivity index (χ1) is 14.7. The number of nitrogens with zero attached hydrogens (tertiary/aromatic N) is 1. The molecule has 3 aromatic rings. The highest BCUT2D eigenvalue weighted by Gasteiger charge is 2.11. The lowest BCUT2D eigenvalue weighted by atomic mass is 10.2. The number of aromatic nitrogens is 1. The van der Waals surface area contributed by atoms with Crippen molar-refractivity contribution in [2.75, 3.05) is 26.9 Å². The number of para-hydroxylation sites is 1. The van der Waals surface area contributed by atoms with Gasteiger partial charge in [0.2, 0.25) is 0 Å². The van der Waals surface area contributed by atoms with E-state index >= 15 is 0 Å². The molecule has 0 aliphatic carbocycles. The summed E-state index contributed by atoms with van der Waals surface area (Å²) in [5.74, 6) is 1.81. The van der Waals surface area contributed by atoms with E-state index in [2.05, 4.69) is 17.2 Å². The molecule has 1 heterocycles. The largest absolute Gasteiger partial charge is 0.493 e. The Hall–Kier alpha value is -3.28. The van der Waals surface area contributed by atoms with E-state index in [0.29, 0.717) is 43.2 Å². The number of nitrogens with one attached hydrogen (secondary N) is 1. The fourth-order valence-corrected chi connectivity index (χ4v) is 3.01. The molecule has 0 aliphatic rings. The van der Waals surface area contributed by atoms with Crippen LogP contribution in [0.25, 0.3) is 10.9 Å². The quantitative estimate of drug-likeness (QED) is 0.469. The van der Waals surface area contributed by atoms with Crippen molar-refractivity contribution in [2.45, 2.75) is 26.2 Å². The number of ether oxygens (including phenoxy) is 3. The van der Waals surface area contributed by atoms with Gasteiger partial charge in [-0.1, -0.05) is 31.5 Å². The van der Waals surface area contributed by atoms with Crippen LogP contribution in [0.15, 0.2) is 54.7 Å². The number of carbonyl (C=O) groups excluding carboxylic acids is 1. The number of methoxy groups -OCH3 is 1. The van der Waals surface area contributed by atoms with Gasteiger partial charge < -0.3 is 19.5 Å². The summed E-state index contributed by atoms with van der Waals surface area (Å²) >= 11 is 0. The molecule has 0 saturated carbocycles. The average Bonchev–Trinajstić information content (AvgIpc) is 2.79. The lowest BCUT2D eigenvalue weighted by Gasteiger charge is -2.12. The summed E-state index contributed by atoms with van der Waals surface area (Å²) in [5, 5.41) is 3.96. The molecule has 1 N–H and O–H groups in total. The van der Waals surface area contributed by atoms with Crippen molar-refractivity contribution in [3.63, 3.8) is 0 Å². The molecule has 0 fully saturated rings. The smallest absolute Gasteiger partial charge is 0.251 e. The Morgan fingerprint density at radius 2 is 1.77 bits per heavy atom. The number of pyridine rings is 1. The SMILES string of the molecule is CCCCOc1ccc(C(=O)NCCCOc2cccc3cccnc23)cc1OC. The van der Waals surface area contributed by atoms with Crippen molar-refractivity contribution in [3.8, 4) is 17.2 Å². The number of fused-ring (bicyclic) bond motifs is 1. The third-order valence-electron chi connectivity index (χ3n) is 4.64. The third-order valence-corrected chi connectivity index (χ3v) is 4.64. The summed E-state index contributed by atoms with van der Waals surface area (Å²) in [6.07, 6.45) is 4.47. The first kappa shape index (κ1) is 21.4. The van der Waals surface area contributed by atoms with Crippen LogP contribution in [-0.4, -0.2) is 37.8 Å². The van der Waals surface area contributed by atoms with Gasteiger partial charge in [0.25, 0.3) is 5.91 Å². The average molecular weight is 408 g/mol. The molecule has 6 nitrogen and oxygen atoms in total. The van der Waals surface area contributed by atoms with Crippen LogP contribution in [0.1, 0.15) is 36.5 Å². The Labute approximate surface area is 177 Å². The molecule has 0 spiro atoms. The minimum atomic E-state index is -0.153. The van der Waals surface area contributed by atoms with Gasteiger partial charge in [0.15, 0.2) is 11.5 Å². The van der Waals surface area contributed by atoms with Crippen LogP contribution in [0.2, 0.25) is 0 Å². The molecule has 0 radical (unpaired) electrons. The number of rotatable bonds is 11. The Kier molecular flexibility index (Phi) is 7.89. The fraction of sp³-hybridized carbons (Fsp3) is 0.333. The Morgan fingerprint density at radius 3 is 2.60 bits per heavy atom. The number of benzene rings is 2. The zero-order valence-electron chi connectivity index (χ0n) is 17.5. The van der Waals surface area contributed by atoms with Gasteiger partial charge in [-0.15, -0.1) is 0 Å². The topological polar surface area (TPSA) is 69.7 Å². The van der Waals surface area contributed by atoms with E-state index in [1.54, 1.807) is 31.5 Å². The van der Waals surface area contributed by atoms with E-state index in [-0.39, 0.29) is 5.91 Å². The van der Waals surface area contributed by atoms with Crippen LogP contribution in [-0.2, 0) is 0 Å². The lowest BCUT2D eigenvalue weighted by Crippen LogP contribution is -2.25. The van der Waals surface area contributed by atoms with Crippen molar-refractivity contribution in [1.82, 2.24) is 10.3 Å². The second-order valence-electron chi connectivity index (χ2n) is 6.86. The van der Waals surface area contributed by atoms with Gasteiger partial charge in [-0.05, 0) is 43.2 Å². The Morgan fingerprint density at radius 1 is 0.967 bits per heavy atom. The summed E-state index contributed by atoms with van der Waals surface area (Å²) in [4.78, 5) is 16.8. The monoisotopic (exact) mass is 408 g/mol. The van der Waals surface area contributed by atoms with Gasteiger partial charge in [-0.3, -0.25) is 9.78 Å². The number of unbranched alkanes of at least 4 members (excludes halogenated alkanes) is 1. The molecule has 0 bridgehead atoms. The number of hydrogen-bond acceptors (Lipinski definition) is 5. The highest BCUT2D eigenvalue weighted by atomic mass is 16.5. The molecule has 3 rings (SSSR count). The van der Waals surface area contributed by atoms with Crippen LogP contribution in [0, 0.1) is 0 Å². The Balaban J connectivity index is 1.47. The highest BCUT2D eigenvalue weighted by Crippen LogP contribution is 2.28. The molecule has 0 unspecified atom stereocenters. The van der Waals surface area contributed by atoms with E-state index in [9.17, 15) is 4.79 Å². The van der Waals surface area contributed by atoms with Crippen LogP contribution in [0.4, 0.5) is 0 Å². The van der Waals surface area contributed by atoms with Crippen LogP contribution in [0.5, 0.6) is 17.2 Å². The molecular weight excluding hydrogens is 380 g/mol. The maximum absolute atomic E-state index is 12.4. The van der Waals surface area contributed by atoms with Gasteiger partial charge in [-0.25, -0.2) is 0 Å². The van der Waals surface area contributed by atoms with Crippen molar-refractivity contribution in [1.29, 1.82) is 0 Å². The van der Waals surface area contributed by atoms with Gasteiger partial charge in [0.05, 0.1) is 20.3 Å². The van der Waals surface area contributed by atoms with E-state index < -0.39 is 0 Å². The number of amides is 1. The molecular formula is C24H28N2O4. The first-order valence-corrected chi connectivity index (χ1v) is 10.3. The maximum Gasteiger partial charge on any atom is 0.251 e. The molecule has 0 atom stereocenters. The minimum absolute atomic E-state index is 0.153. The van der Waals surface area contributed by atoms with Crippen molar-refractivity contribution >= 4 is 16.8 Å². The highest BCUT2D eigenvalue weighted by molar-refractivity contribution is 5.94. The van der Waals surface area contributed by atoms with Gasteiger partial charge in [0.1, 0.15) is 11.3 Å². The minimum Gasteiger partial charge on any atom is -0.493 e. The summed E-state index contributed by atoms with van der Waals surface area (Å²) in [7, 11) is 1.57. The maximum atomic E-state index is 12.4. The summed E-state index contributed by atoms with van der Waals surface area (Å²) in [5.41, 5.74) is 1.38. The third kappa shape index (κ3) is 5.63. The predicted octanol–water partition coefficient (Wildman–Crippen LogP) is 4.62. The second-order valence-corrected chi connectivity index (χ2v) is 6.86. The first-order valence-electron chi connectivity index (χ1n) is 10.3. The molecule has 30 heavy (non-hydrogen) atoms. The van der Waals surface area contributed by atoms with E-state index in [1.165, 1.54) is 0 Å². The molecule has 158 valence electrons. The van der Waals surface area contributed by atoms with Crippen molar-refractivity contribution < 1.29 is 19.0 Å². The Bertz CT molecular complexity index is 969. The summed E-state index contributed by atoms with van der Waals surface area (Å²) in [6.45, 7) is 3.74. The van der Waals surface area contributed by atoms with Gasteiger partial charge in [0, 0.05) is 23.7 Å². The zero-order valence-corrected chi connectivity index (χ0v) is 17.5. The number of carbonyl (C=O) groups is 1.